The third kappa shape index (κ3) is 5.11. The predicted molar refractivity (Wildman–Crippen MR) is 67.0 cm³/mol. The third-order valence-electron chi connectivity index (χ3n) is 2.66. The zero-order valence-corrected chi connectivity index (χ0v) is 12.0. The number of carbonyl (C=O) groups is 2. The Hall–Kier alpha value is -2.32. The highest BCUT2D eigenvalue weighted by molar-refractivity contribution is 5.89. The van der Waals surface area contributed by atoms with E-state index in [0.29, 0.717) is 18.6 Å². The number of ether oxygens (including phenoxy) is 2. The first-order valence-corrected chi connectivity index (χ1v) is 6.57. The van der Waals surface area contributed by atoms with Crippen LogP contribution in [-0.2, 0) is 9.53 Å². The first-order valence-electron chi connectivity index (χ1n) is 6.57. The maximum atomic E-state index is 13.7. The van der Waals surface area contributed by atoms with Gasteiger partial charge in [-0.3, -0.25) is 0 Å². The van der Waals surface area contributed by atoms with Crippen LogP contribution in [0.3, 0.4) is 0 Å². The van der Waals surface area contributed by atoms with Crippen molar-refractivity contribution in [3.8, 4) is 5.75 Å². The number of esters is 1. The SMILES string of the molecule is CCCCOC(=O)c1cc(F)c(OCC(F)(F)C(=O)[O-])c(F)c1. The molecule has 0 amide bonds. The molecule has 1 aromatic carbocycles. The van der Waals surface area contributed by atoms with Crippen molar-refractivity contribution in [2.45, 2.75) is 25.7 Å². The monoisotopic (exact) mass is 337 g/mol. The van der Waals surface area contributed by atoms with E-state index < -0.39 is 47.4 Å². The summed E-state index contributed by atoms with van der Waals surface area (Å²) in [6.07, 6.45) is 1.31. The number of halogens is 4. The number of hydrogen-bond donors (Lipinski definition) is 0. The molecule has 9 heteroatoms. The lowest BCUT2D eigenvalue weighted by molar-refractivity contribution is -0.331. The first kappa shape index (κ1) is 18.7. The molecule has 0 saturated carbocycles. The van der Waals surface area contributed by atoms with E-state index >= 15 is 0 Å². The fourth-order valence-electron chi connectivity index (χ4n) is 1.43. The normalized spacial score (nSPS) is 11.2. The Morgan fingerprint density at radius 3 is 2.26 bits per heavy atom. The summed E-state index contributed by atoms with van der Waals surface area (Å²) in [4.78, 5) is 21.6. The highest BCUT2D eigenvalue weighted by atomic mass is 19.3. The number of aliphatic carboxylic acids is 1. The summed E-state index contributed by atoms with van der Waals surface area (Å²) in [5, 5.41) is 10.1. The Balaban J connectivity index is 2.85. The number of rotatable bonds is 8. The van der Waals surface area contributed by atoms with Crippen molar-refractivity contribution in [2.75, 3.05) is 13.2 Å². The average molecular weight is 337 g/mol. The largest absolute Gasteiger partial charge is 0.544 e. The molecule has 0 atom stereocenters. The highest BCUT2D eigenvalue weighted by Gasteiger charge is 2.33. The standard InChI is InChI=1S/C14H14F4O5/c1-2-3-4-22-12(19)8-5-9(15)11(10(16)6-8)23-7-14(17,18)13(20)21/h5-6H,2-4,7H2,1H3,(H,20,21)/p-1. The van der Waals surface area contributed by atoms with E-state index in [2.05, 4.69) is 4.74 Å². The van der Waals surface area contributed by atoms with Crippen LogP contribution in [0, 0.1) is 11.6 Å². The van der Waals surface area contributed by atoms with Crippen LogP contribution >= 0.6 is 0 Å². The zero-order chi connectivity index (χ0) is 17.6. The van der Waals surface area contributed by atoms with Gasteiger partial charge in [0.05, 0.1) is 12.2 Å². The molecule has 0 N–H and O–H groups in total. The van der Waals surface area contributed by atoms with Gasteiger partial charge in [-0.15, -0.1) is 0 Å². The van der Waals surface area contributed by atoms with Gasteiger partial charge in [-0.1, -0.05) is 13.3 Å². The summed E-state index contributed by atoms with van der Waals surface area (Å²) in [7, 11) is 0. The third-order valence-corrected chi connectivity index (χ3v) is 2.66. The van der Waals surface area contributed by atoms with Crippen LogP contribution in [0.2, 0.25) is 0 Å². The molecule has 128 valence electrons. The van der Waals surface area contributed by atoms with Crippen molar-refractivity contribution < 1.29 is 41.7 Å². The van der Waals surface area contributed by atoms with Crippen LogP contribution in [0.5, 0.6) is 5.75 Å². The van der Waals surface area contributed by atoms with E-state index in [-0.39, 0.29) is 6.61 Å². The Labute approximate surface area is 128 Å². The zero-order valence-electron chi connectivity index (χ0n) is 12.0. The fourth-order valence-corrected chi connectivity index (χ4v) is 1.43. The molecule has 0 spiro atoms. The topological polar surface area (TPSA) is 75.7 Å². The van der Waals surface area contributed by atoms with Crippen LogP contribution < -0.4 is 9.84 Å². The van der Waals surface area contributed by atoms with Crippen molar-refractivity contribution in [1.29, 1.82) is 0 Å². The fraction of sp³-hybridized carbons (Fsp3) is 0.429. The molecule has 0 heterocycles. The number of carboxylic acids is 1. The van der Waals surface area contributed by atoms with Gasteiger partial charge in [-0.05, 0) is 18.6 Å². The molecule has 1 rings (SSSR count). The second kappa shape index (κ2) is 7.80. The second-order valence-corrected chi connectivity index (χ2v) is 4.54. The highest BCUT2D eigenvalue weighted by Crippen LogP contribution is 2.25. The maximum Gasteiger partial charge on any atom is 0.338 e. The number of carbonyl (C=O) groups excluding carboxylic acids is 2. The Morgan fingerprint density at radius 2 is 1.78 bits per heavy atom. The molecule has 0 aromatic heterocycles. The van der Waals surface area contributed by atoms with Gasteiger partial charge in [0.15, 0.2) is 24.0 Å². The minimum atomic E-state index is -4.42. The number of alkyl halides is 2. The van der Waals surface area contributed by atoms with Crippen molar-refractivity contribution in [2.24, 2.45) is 0 Å². The van der Waals surface area contributed by atoms with E-state index in [1.807, 2.05) is 6.92 Å². The van der Waals surface area contributed by atoms with Gasteiger partial charge in [0.25, 0.3) is 0 Å². The van der Waals surface area contributed by atoms with Crippen molar-refractivity contribution >= 4 is 11.9 Å². The van der Waals surface area contributed by atoms with E-state index in [9.17, 15) is 32.3 Å². The molecule has 1 aromatic rings. The van der Waals surface area contributed by atoms with Crippen LogP contribution in [0.4, 0.5) is 17.6 Å². The summed E-state index contributed by atoms with van der Waals surface area (Å²) in [6, 6.07) is 1.09. The van der Waals surface area contributed by atoms with Crippen molar-refractivity contribution in [1.82, 2.24) is 0 Å². The minimum Gasteiger partial charge on any atom is -0.544 e. The molecular formula is C14H13F4O5-. The van der Waals surface area contributed by atoms with E-state index in [1.54, 1.807) is 0 Å². The summed E-state index contributed by atoms with van der Waals surface area (Å²) in [5.74, 6) is -12.3. The molecule has 23 heavy (non-hydrogen) atoms. The smallest absolute Gasteiger partial charge is 0.338 e. The summed E-state index contributed by atoms with van der Waals surface area (Å²) in [5.41, 5.74) is -0.463. The number of hydrogen-bond acceptors (Lipinski definition) is 5. The minimum absolute atomic E-state index is 0.0641. The second-order valence-electron chi connectivity index (χ2n) is 4.54. The van der Waals surface area contributed by atoms with Crippen molar-refractivity contribution in [3.05, 3.63) is 29.3 Å². The van der Waals surface area contributed by atoms with Crippen LogP contribution in [0.25, 0.3) is 0 Å². The molecule has 0 fully saturated rings. The molecule has 0 unspecified atom stereocenters. The van der Waals surface area contributed by atoms with Crippen LogP contribution in [-0.4, -0.2) is 31.1 Å². The maximum absolute atomic E-state index is 13.7. The lowest BCUT2D eigenvalue weighted by atomic mass is 10.2. The molecule has 0 saturated heterocycles. The van der Waals surface area contributed by atoms with Crippen LogP contribution in [0.1, 0.15) is 30.1 Å². The van der Waals surface area contributed by atoms with E-state index in [1.165, 1.54) is 0 Å². The number of unbranched alkanes of at least 4 members (excludes halogenated alkanes) is 1. The van der Waals surface area contributed by atoms with Crippen molar-refractivity contribution in [3.63, 3.8) is 0 Å². The van der Waals surface area contributed by atoms with Gasteiger partial charge >= 0.3 is 11.9 Å². The quantitative estimate of drug-likeness (QED) is 0.410. The summed E-state index contributed by atoms with van der Waals surface area (Å²) < 4.78 is 61.7. The molecule has 0 aliphatic heterocycles. The summed E-state index contributed by atoms with van der Waals surface area (Å²) >= 11 is 0. The molecule has 0 aliphatic rings. The average Bonchev–Trinajstić information content (AvgIpc) is 2.46. The van der Waals surface area contributed by atoms with Crippen LogP contribution in [0.15, 0.2) is 12.1 Å². The summed E-state index contributed by atoms with van der Waals surface area (Å²) in [6.45, 7) is 0.0971. The predicted octanol–water partition coefficient (Wildman–Crippen LogP) is 1.69. The number of benzene rings is 1. The lowest BCUT2D eigenvalue weighted by Gasteiger charge is -2.18. The molecular weight excluding hydrogens is 324 g/mol. The lowest BCUT2D eigenvalue weighted by Crippen LogP contribution is -2.45. The van der Waals surface area contributed by atoms with Gasteiger partial charge in [0.1, 0.15) is 5.97 Å². The number of carboxylic acid groups (broad SMARTS) is 1. The Bertz CT molecular complexity index is 566. The molecule has 5 nitrogen and oxygen atoms in total. The van der Waals surface area contributed by atoms with Gasteiger partial charge < -0.3 is 19.4 Å². The Morgan fingerprint density at radius 1 is 1.22 bits per heavy atom. The Kier molecular flexibility index (Phi) is 6.35. The molecule has 0 bridgehead atoms. The molecule has 0 radical (unpaired) electrons. The van der Waals surface area contributed by atoms with Gasteiger partial charge in [0, 0.05) is 0 Å². The van der Waals surface area contributed by atoms with Gasteiger partial charge in [-0.25, -0.2) is 13.6 Å². The first-order chi connectivity index (χ1) is 10.7. The van der Waals surface area contributed by atoms with Gasteiger partial charge in [0.2, 0.25) is 0 Å². The van der Waals surface area contributed by atoms with E-state index in [0.717, 1.165) is 6.42 Å². The molecule has 0 aliphatic carbocycles. The van der Waals surface area contributed by atoms with Gasteiger partial charge in [-0.2, -0.15) is 8.78 Å². The van der Waals surface area contributed by atoms with E-state index in [4.69, 9.17) is 4.74 Å².